The van der Waals surface area contributed by atoms with Gasteiger partial charge in [0.05, 0.1) is 5.56 Å². The maximum atomic E-state index is 13.3. The lowest BCUT2D eigenvalue weighted by molar-refractivity contribution is -0.138. The van der Waals surface area contributed by atoms with Gasteiger partial charge < -0.3 is 14.5 Å². The van der Waals surface area contributed by atoms with E-state index >= 15 is 0 Å². The Bertz CT molecular complexity index is 1090. The molecular weight excluding hydrogens is 455 g/mol. The number of likely N-dealkylation sites (N-methyl/N-ethyl adjacent to an activating group) is 1. The highest BCUT2D eigenvalue weighted by atomic mass is 19.4. The standard InChI is InChI=1S/C24H27F5N4O/c1-23(8-9-23)19-17-7-11-33(15-4-3-10-32(2)13-15)21(17)31-30-20(19)16-6-5-14(24(27,28)29)12-18(16)34-22(25)26/h5-6,12,15,22H,3-4,7-11,13H2,1-2H3/t15-/m1/s1. The molecule has 0 radical (unpaired) electrons. The van der Waals surface area contributed by atoms with Gasteiger partial charge in [0.25, 0.3) is 0 Å². The Morgan fingerprint density at radius 1 is 1.15 bits per heavy atom. The summed E-state index contributed by atoms with van der Waals surface area (Å²) in [5, 5.41) is 8.94. The van der Waals surface area contributed by atoms with E-state index in [4.69, 9.17) is 0 Å². The van der Waals surface area contributed by atoms with Gasteiger partial charge in [-0.2, -0.15) is 22.0 Å². The molecule has 2 aromatic rings. The number of halogens is 5. The Morgan fingerprint density at radius 3 is 2.56 bits per heavy atom. The van der Waals surface area contributed by atoms with Gasteiger partial charge >= 0.3 is 12.8 Å². The molecule has 34 heavy (non-hydrogen) atoms. The van der Waals surface area contributed by atoms with E-state index in [0.717, 1.165) is 74.7 Å². The topological polar surface area (TPSA) is 41.5 Å². The molecule has 1 saturated heterocycles. The molecule has 1 aliphatic carbocycles. The predicted molar refractivity (Wildman–Crippen MR) is 117 cm³/mol. The first-order valence-electron chi connectivity index (χ1n) is 11.6. The van der Waals surface area contributed by atoms with Crippen molar-refractivity contribution in [1.82, 2.24) is 15.1 Å². The second kappa shape index (κ2) is 8.32. The van der Waals surface area contributed by atoms with Crippen molar-refractivity contribution < 1.29 is 26.7 Å². The van der Waals surface area contributed by atoms with Crippen LogP contribution in [0.2, 0.25) is 0 Å². The zero-order chi connectivity index (χ0) is 24.3. The number of rotatable bonds is 5. The molecule has 10 heteroatoms. The van der Waals surface area contributed by atoms with E-state index in [1.807, 2.05) is 0 Å². The van der Waals surface area contributed by atoms with Crippen LogP contribution in [0.15, 0.2) is 18.2 Å². The number of piperidine rings is 1. The summed E-state index contributed by atoms with van der Waals surface area (Å²) >= 11 is 0. The third-order valence-electron chi connectivity index (χ3n) is 7.35. The summed E-state index contributed by atoms with van der Waals surface area (Å²) in [4.78, 5) is 4.59. The van der Waals surface area contributed by atoms with Gasteiger partial charge in [0.1, 0.15) is 11.4 Å². The first-order chi connectivity index (χ1) is 16.1. The van der Waals surface area contributed by atoms with Crippen LogP contribution in [-0.2, 0) is 18.0 Å². The van der Waals surface area contributed by atoms with Crippen molar-refractivity contribution in [3.8, 4) is 17.0 Å². The van der Waals surface area contributed by atoms with Gasteiger partial charge in [-0.1, -0.05) is 6.92 Å². The van der Waals surface area contributed by atoms with E-state index in [1.54, 1.807) is 0 Å². The van der Waals surface area contributed by atoms with Crippen molar-refractivity contribution in [3.63, 3.8) is 0 Å². The molecule has 0 spiro atoms. The maximum Gasteiger partial charge on any atom is 0.416 e. The van der Waals surface area contributed by atoms with Crippen LogP contribution in [-0.4, -0.2) is 54.4 Å². The fourth-order valence-corrected chi connectivity index (χ4v) is 5.38. The van der Waals surface area contributed by atoms with E-state index in [2.05, 4.69) is 38.7 Å². The van der Waals surface area contributed by atoms with Crippen LogP contribution in [0.25, 0.3) is 11.3 Å². The minimum atomic E-state index is -4.68. The number of fused-ring (bicyclic) bond motifs is 1. The lowest BCUT2D eigenvalue weighted by atomic mass is 9.88. The number of anilines is 1. The fraction of sp³-hybridized carbons (Fsp3) is 0.583. The first-order valence-corrected chi connectivity index (χ1v) is 11.6. The number of benzene rings is 1. The average molecular weight is 482 g/mol. The molecule has 1 aromatic carbocycles. The Hall–Kier alpha value is -2.49. The highest BCUT2D eigenvalue weighted by Crippen LogP contribution is 2.54. The van der Waals surface area contributed by atoms with Crippen LogP contribution in [0, 0.1) is 0 Å². The van der Waals surface area contributed by atoms with Crippen LogP contribution in [0.1, 0.15) is 49.3 Å². The minimum Gasteiger partial charge on any atom is -0.434 e. The molecule has 5 nitrogen and oxygen atoms in total. The maximum absolute atomic E-state index is 13.3. The third kappa shape index (κ3) is 4.21. The predicted octanol–water partition coefficient (Wildman–Crippen LogP) is 5.27. The van der Waals surface area contributed by atoms with Crippen molar-refractivity contribution >= 4 is 5.82 Å². The highest BCUT2D eigenvalue weighted by Gasteiger charge is 2.46. The van der Waals surface area contributed by atoms with Gasteiger partial charge in [-0.05, 0) is 74.9 Å². The van der Waals surface area contributed by atoms with Gasteiger partial charge in [-0.3, -0.25) is 0 Å². The molecule has 0 bridgehead atoms. The summed E-state index contributed by atoms with van der Waals surface area (Å²) in [5.41, 5.74) is 1.13. The van der Waals surface area contributed by atoms with Crippen LogP contribution >= 0.6 is 0 Å². The quantitative estimate of drug-likeness (QED) is 0.543. The lowest BCUT2D eigenvalue weighted by Gasteiger charge is -2.36. The van der Waals surface area contributed by atoms with Crippen molar-refractivity contribution in [2.24, 2.45) is 0 Å². The largest absolute Gasteiger partial charge is 0.434 e. The van der Waals surface area contributed by atoms with Crippen molar-refractivity contribution in [3.05, 3.63) is 34.9 Å². The molecular formula is C24H27F5N4O. The zero-order valence-electron chi connectivity index (χ0n) is 19.1. The number of likely N-dealkylation sites (tertiary alicyclic amines) is 1. The van der Waals surface area contributed by atoms with Crippen molar-refractivity contribution in [2.45, 2.75) is 63.3 Å². The van der Waals surface area contributed by atoms with Crippen molar-refractivity contribution in [2.75, 3.05) is 31.6 Å². The van der Waals surface area contributed by atoms with Crippen molar-refractivity contribution in [1.29, 1.82) is 0 Å². The number of hydrogen-bond donors (Lipinski definition) is 0. The minimum absolute atomic E-state index is 0.113. The molecule has 5 rings (SSSR count). The number of nitrogens with zero attached hydrogens (tertiary/aromatic N) is 4. The number of hydrogen-bond acceptors (Lipinski definition) is 5. The van der Waals surface area contributed by atoms with E-state index in [-0.39, 0.29) is 11.0 Å². The fourth-order valence-electron chi connectivity index (χ4n) is 5.38. The summed E-state index contributed by atoms with van der Waals surface area (Å²) in [7, 11) is 2.10. The molecule has 2 aliphatic heterocycles. The van der Waals surface area contributed by atoms with Gasteiger partial charge in [0.15, 0.2) is 5.82 Å². The van der Waals surface area contributed by atoms with Crippen LogP contribution in [0.4, 0.5) is 27.8 Å². The molecule has 1 saturated carbocycles. The van der Waals surface area contributed by atoms with Crippen LogP contribution in [0.5, 0.6) is 5.75 Å². The SMILES string of the molecule is CN1CCC[C@@H](N2CCc3c2nnc(-c2ccc(C(F)(F)F)cc2OC(F)F)c3C2(C)CC2)C1. The van der Waals surface area contributed by atoms with Gasteiger partial charge in [0.2, 0.25) is 0 Å². The number of ether oxygens (including phenoxy) is 1. The van der Waals surface area contributed by atoms with Gasteiger partial charge in [-0.25, -0.2) is 0 Å². The summed E-state index contributed by atoms with van der Waals surface area (Å²) in [6.45, 7) is 1.61. The Balaban J connectivity index is 1.61. The molecule has 1 atom stereocenters. The third-order valence-corrected chi connectivity index (χ3v) is 7.35. The molecule has 0 unspecified atom stereocenters. The van der Waals surface area contributed by atoms with E-state index < -0.39 is 24.1 Å². The molecule has 1 aromatic heterocycles. The summed E-state index contributed by atoms with van der Waals surface area (Å²) in [5.74, 6) is 0.281. The summed E-state index contributed by atoms with van der Waals surface area (Å²) < 4.78 is 70.6. The summed E-state index contributed by atoms with van der Waals surface area (Å²) in [6.07, 6.45) is 0.0238. The highest BCUT2D eigenvalue weighted by molar-refractivity contribution is 5.76. The second-order valence-electron chi connectivity index (χ2n) is 9.88. The van der Waals surface area contributed by atoms with Crippen LogP contribution < -0.4 is 9.64 Å². The molecule has 0 N–H and O–H groups in total. The zero-order valence-corrected chi connectivity index (χ0v) is 19.1. The molecule has 3 heterocycles. The molecule has 184 valence electrons. The first kappa shape index (κ1) is 23.3. The average Bonchev–Trinajstić information content (AvgIpc) is 3.36. The number of alkyl halides is 5. The smallest absolute Gasteiger partial charge is 0.416 e. The number of aromatic nitrogens is 2. The van der Waals surface area contributed by atoms with E-state index in [0.29, 0.717) is 17.8 Å². The molecule has 3 aliphatic rings. The van der Waals surface area contributed by atoms with E-state index in [9.17, 15) is 22.0 Å². The Labute approximate surface area is 194 Å². The monoisotopic (exact) mass is 482 g/mol. The normalized spacial score (nSPS) is 22.2. The molecule has 2 fully saturated rings. The van der Waals surface area contributed by atoms with Crippen LogP contribution in [0.3, 0.4) is 0 Å². The lowest BCUT2D eigenvalue weighted by Crippen LogP contribution is -2.46. The molecule has 0 amide bonds. The Morgan fingerprint density at radius 2 is 1.91 bits per heavy atom. The van der Waals surface area contributed by atoms with E-state index in [1.165, 1.54) is 6.07 Å². The van der Waals surface area contributed by atoms with Gasteiger partial charge in [0, 0.05) is 30.3 Å². The van der Waals surface area contributed by atoms with Gasteiger partial charge in [-0.15, -0.1) is 10.2 Å². The Kier molecular flexibility index (Phi) is 5.69. The second-order valence-corrected chi connectivity index (χ2v) is 9.88. The summed E-state index contributed by atoms with van der Waals surface area (Å²) in [6, 6.07) is 3.00.